The maximum atomic E-state index is 9.11. The molecule has 0 amide bonds. The van der Waals surface area contributed by atoms with E-state index < -0.39 is 0 Å². The quantitative estimate of drug-likeness (QED) is 0.669. The largest absolute Gasteiger partial charge is 0.398 e. The topological polar surface area (TPSA) is 58.3 Å². The molecule has 0 fully saturated rings. The van der Waals surface area contributed by atoms with Gasteiger partial charge in [-0.2, -0.15) is 0 Å². The highest BCUT2D eigenvalue weighted by atomic mass is 35.5. The van der Waals surface area contributed by atoms with Crippen molar-refractivity contribution in [2.24, 2.45) is 0 Å². The first kappa shape index (κ1) is 11.3. The zero-order valence-corrected chi connectivity index (χ0v) is 9.10. The number of halogens is 1. The summed E-state index contributed by atoms with van der Waals surface area (Å²) in [5.74, 6) is 0. The first-order chi connectivity index (χ1) is 6.60. The van der Waals surface area contributed by atoms with Gasteiger partial charge in [0.2, 0.25) is 0 Å². The monoisotopic (exact) mass is 214 g/mol. The molecule has 78 valence electrons. The van der Waals surface area contributed by atoms with Crippen LogP contribution in [0.25, 0.3) is 0 Å². The van der Waals surface area contributed by atoms with Gasteiger partial charge in [-0.1, -0.05) is 17.7 Å². The van der Waals surface area contributed by atoms with Crippen LogP contribution in [-0.4, -0.2) is 18.8 Å². The first-order valence-electron chi connectivity index (χ1n) is 4.43. The van der Waals surface area contributed by atoms with Gasteiger partial charge in [0.25, 0.3) is 0 Å². The van der Waals surface area contributed by atoms with Gasteiger partial charge in [0, 0.05) is 10.7 Å². The van der Waals surface area contributed by atoms with E-state index in [0.29, 0.717) is 10.7 Å². The predicted molar refractivity (Wildman–Crippen MR) is 59.5 cm³/mol. The number of aryl methyl sites for hydroxylation is 1. The molecule has 1 aromatic carbocycles. The summed E-state index contributed by atoms with van der Waals surface area (Å²) >= 11 is 6.02. The normalized spacial score (nSPS) is 12.9. The maximum Gasteiger partial charge on any atom is 0.0626 e. The highest BCUT2D eigenvalue weighted by Crippen LogP contribution is 2.27. The predicted octanol–water partition coefficient (Wildman–Crippen LogP) is 1.48. The highest BCUT2D eigenvalue weighted by molar-refractivity contribution is 6.31. The van der Waals surface area contributed by atoms with E-state index in [9.17, 15) is 0 Å². The van der Waals surface area contributed by atoms with Gasteiger partial charge in [-0.3, -0.25) is 0 Å². The molecule has 0 bridgehead atoms. The lowest BCUT2D eigenvalue weighted by Crippen LogP contribution is -2.20. The van der Waals surface area contributed by atoms with Crippen LogP contribution >= 0.6 is 11.6 Å². The van der Waals surface area contributed by atoms with Crippen molar-refractivity contribution in [3.05, 3.63) is 28.3 Å². The van der Waals surface area contributed by atoms with Crippen LogP contribution in [0.5, 0.6) is 0 Å². The maximum absolute atomic E-state index is 9.11. The van der Waals surface area contributed by atoms with Gasteiger partial charge in [0.1, 0.15) is 0 Å². The van der Waals surface area contributed by atoms with E-state index in [1.807, 2.05) is 13.0 Å². The van der Waals surface area contributed by atoms with Gasteiger partial charge in [-0.15, -0.1) is 0 Å². The van der Waals surface area contributed by atoms with E-state index in [-0.39, 0.29) is 12.6 Å². The van der Waals surface area contributed by atoms with E-state index in [1.54, 1.807) is 13.1 Å². The van der Waals surface area contributed by atoms with Crippen molar-refractivity contribution in [2.45, 2.75) is 13.0 Å². The van der Waals surface area contributed by atoms with E-state index in [2.05, 4.69) is 5.32 Å². The van der Waals surface area contributed by atoms with E-state index in [1.165, 1.54) is 0 Å². The fourth-order valence-corrected chi connectivity index (χ4v) is 1.64. The number of nitrogen functional groups attached to an aromatic ring is 1. The SMILES string of the molecule is CN[C@H](CO)c1cc(C)c(N)cc1Cl. The average molecular weight is 215 g/mol. The Morgan fingerprint density at radius 3 is 2.71 bits per heavy atom. The lowest BCUT2D eigenvalue weighted by molar-refractivity contribution is 0.251. The zero-order chi connectivity index (χ0) is 10.7. The Bertz CT molecular complexity index is 324. The van der Waals surface area contributed by atoms with Crippen LogP contribution in [0, 0.1) is 6.92 Å². The fourth-order valence-electron chi connectivity index (χ4n) is 1.33. The summed E-state index contributed by atoms with van der Waals surface area (Å²) in [6.45, 7) is 1.93. The number of nitrogens with one attached hydrogen (secondary N) is 1. The molecule has 0 spiro atoms. The number of aliphatic hydroxyl groups is 1. The highest BCUT2D eigenvalue weighted by Gasteiger charge is 2.12. The number of aliphatic hydroxyl groups excluding tert-OH is 1. The van der Waals surface area contributed by atoms with Gasteiger partial charge >= 0.3 is 0 Å². The molecule has 1 rings (SSSR count). The van der Waals surface area contributed by atoms with Gasteiger partial charge in [-0.25, -0.2) is 0 Å². The van der Waals surface area contributed by atoms with Crippen molar-refractivity contribution in [3.63, 3.8) is 0 Å². The van der Waals surface area contributed by atoms with Crippen LogP contribution in [0.15, 0.2) is 12.1 Å². The molecule has 4 N–H and O–H groups in total. The lowest BCUT2D eigenvalue weighted by atomic mass is 10.0. The zero-order valence-electron chi connectivity index (χ0n) is 8.34. The van der Waals surface area contributed by atoms with Gasteiger partial charge in [0.15, 0.2) is 0 Å². The second kappa shape index (κ2) is 4.64. The van der Waals surface area contributed by atoms with Crippen LogP contribution in [-0.2, 0) is 0 Å². The molecule has 0 saturated heterocycles. The molecule has 0 heterocycles. The molecule has 0 aromatic heterocycles. The van der Waals surface area contributed by atoms with Crippen LogP contribution in [0.1, 0.15) is 17.2 Å². The first-order valence-corrected chi connectivity index (χ1v) is 4.81. The Balaban J connectivity index is 3.14. The molecule has 4 heteroatoms. The number of rotatable bonds is 3. The number of benzene rings is 1. The number of hydrogen-bond acceptors (Lipinski definition) is 3. The molecule has 0 aliphatic rings. The average Bonchev–Trinajstić information content (AvgIpc) is 2.15. The number of anilines is 1. The van der Waals surface area contributed by atoms with Gasteiger partial charge < -0.3 is 16.2 Å². The van der Waals surface area contributed by atoms with Crippen molar-refractivity contribution in [1.29, 1.82) is 0 Å². The molecule has 1 atom stereocenters. The van der Waals surface area contributed by atoms with Gasteiger partial charge in [0.05, 0.1) is 12.6 Å². The van der Waals surface area contributed by atoms with E-state index >= 15 is 0 Å². The summed E-state index contributed by atoms with van der Waals surface area (Å²) < 4.78 is 0. The summed E-state index contributed by atoms with van der Waals surface area (Å²) in [5, 5.41) is 12.7. The fraction of sp³-hybridized carbons (Fsp3) is 0.400. The molecule has 0 aliphatic carbocycles. The number of nitrogens with two attached hydrogens (primary N) is 1. The Morgan fingerprint density at radius 1 is 1.57 bits per heavy atom. The van der Waals surface area contributed by atoms with Crippen molar-refractivity contribution in [3.8, 4) is 0 Å². The van der Waals surface area contributed by atoms with Crippen molar-refractivity contribution >= 4 is 17.3 Å². The van der Waals surface area contributed by atoms with Gasteiger partial charge in [-0.05, 0) is 31.2 Å². The third-order valence-corrected chi connectivity index (χ3v) is 2.62. The molecule has 0 radical (unpaired) electrons. The minimum absolute atomic E-state index is 0.0135. The Hall–Kier alpha value is -0.770. The van der Waals surface area contributed by atoms with Crippen molar-refractivity contribution in [2.75, 3.05) is 19.4 Å². The molecule has 0 aliphatic heterocycles. The smallest absolute Gasteiger partial charge is 0.0626 e. The summed E-state index contributed by atoms with van der Waals surface area (Å²) in [5.41, 5.74) is 8.23. The summed E-state index contributed by atoms with van der Waals surface area (Å²) in [7, 11) is 1.78. The van der Waals surface area contributed by atoms with Crippen molar-refractivity contribution in [1.82, 2.24) is 5.32 Å². The number of likely N-dealkylation sites (N-methyl/N-ethyl adjacent to an activating group) is 1. The van der Waals surface area contributed by atoms with Crippen LogP contribution in [0.2, 0.25) is 5.02 Å². The Labute approximate surface area is 88.9 Å². The Morgan fingerprint density at radius 2 is 2.21 bits per heavy atom. The summed E-state index contributed by atoms with van der Waals surface area (Å²) in [6.07, 6.45) is 0. The summed E-state index contributed by atoms with van der Waals surface area (Å²) in [4.78, 5) is 0. The molecule has 0 saturated carbocycles. The van der Waals surface area contributed by atoms with Crippen LogP contribution < -0.4 is 11.1 Å². The third-order valence-electron chi connectivity index (χ3n) is 2.29. The molecule has 1 aromatic rings. The van der Waals surface area contributed by atoms with E-state index in [4.69, 9.17) is 22.4 Å². The Kier molecular flexibility index (Phi) is 3.75. The lowest BCUT2D eigenvalue weighted by Gasteiger charge is -2.16. The van der Waals surface area contributed by atoms with Crippen LogP contribution in [0.4, 0.5) is 5.69 Å². The molecular weight excluding hydrogens is 200 g/mol. The third kappa shape index (κ3) is 2.18. The van der Waals surface area contributed by atoms with Crippen molar-refractivity contribution < 1.29 is 5.11 Å². The second-order valence-electron chi connectivity index (χ2n) is 3.25. The van der Waals surface area contributed by atoms with Crippen LogP contribution in [0.3, 0.4) is 0 Å². The standard InChI is InChI=1S/C10H15ClN2O/c1-6-3-7(10(5-14)13-2)8(11)4-9(6)12/h3-4,10,13-14H,5,12H2,1-2H3/t10-/m1/s1. The minimum atomic E-state index is -0.137. The van der Waals surface area contributed by atoms with E-state index in [0.717, 1.165) is 11.1 Å². The molecule has 14 heavy (non-hydrogen) atoms. The summed E-state index contributed by atoms with van der Waals surface area (Å²) in [6, 6.07) is 3.48. The molecule has 0 unspecified atom stereocenters. The minimum Gasteiger partial charge on any atom is -0.398 e. The second-order valence-corrected chi connectivity index (χ2v) is 3.66. The molecular formula is C10H15ClN2O. The number of hydrogen-bond donors (Lipinski definition) is 3. The molecule has 3 nitrogen and oxygen atoms in total.